The Balaban J connectivity index is 5.16. The summed E-state index contributed by atoms with van der Waals surface area (Å²) in [6, 6.07) is 0. The van der Waals surface area contributed by atoms with E-state index in [2.05, 4.69) is 0 Å². The number of alkyl halides is 9. The zero-order chi connectivity index (χ0) is 16.4. The summed E-state index contributed by atoms with van der Waals surface area (Å²) in [4.78, 5) is 0. The van der Waals surface area contributed by atoms with Crippen LogP contribution >= 0.6 is 0 Å². The Morgan fingerprint density at radius 3 is 1.40 bits per heavy atom. The van der Waals surface area contributed by atoms with E-state index in [0.29, 0.717) is 0 Å². The van der Waals surface area contributed by atoms with Crippen LogP contribution in [-0.4, -0.2) is 47.4 Å². The Labute approximate surface area is 107 Å². The maximum absolute atomic E-state index is 13.0. The summed E-state index contributed by atoms with van der Waals surface area (Å²) in [5, 5.41) is 17.0. The molecule has 0 aliphatic carbocycles. The number of rotatable bonds is 7. The molecule has 0 unspecified atom stereocenters. The third kappa shape index (κ3) is 3.48. The Bertz CT molecular complexity index is 309. The van der Waals surface area contributed by atoms with E-state index in [1.165, 1.54) is 0 Å². The average Bonchev–Trinajstić information content (AvgIpc) is 2.28. The van der Waals surface area contributed by atoms with Crippen molar-refractivity contribution in [1.29, 1.82) is 0 Å². The second kappa shape index (κ2) is 5.96. The van der Waals surface area contributed by atoms with Gasteiger partial charge in [-0.1, -0.05) is 0 Å². The highest BCUT2D eigenvalue weighted by Crippen LogP contribution is 2.54. The van der Waals surface area contributed by atoms with Crippen molar-refractivity contribution in [3.05, 3.63) is 0 Å². The smallest absolute Gasteiger partial charge is 0.396 e. The number of halogens is 9. The lowest BCUT2D eigenvalue weighted by Gasteiger charge is -2.34. The summed E-state index contributed by atoms with van der Waals surface area (Å²) < 4.78 is 112. The second-order valence-electron chi connectivity index (χ2n) is 4.12. The van der Waals surface area contributed by atoms with Crippen molar-refractivity contribution < 1.29 is 49.7 Å². The quantitative estimate of drug-likeness (QED) is 0.708. The predicted molar refractivity (Wildman–Crippen MR) is 47.8 cm³/mol. The van der Waals surface area contributed by atoms with Gasteiger partial charge in [-0.25, -0.2) is 0 Å². The molecule has 0 heterocycles. The van der Waals surface area contributed by atoms with Crippen molar-refractivity contribution in [2.75, 3.05) is 13.2 Å². The molecule has 20 heavy (non-hydrogen) atoms. The summed E-state index contributed by atoms with van der Waals surface area (Å²) in [6.45, 7) is -1.82. The number of hydrogen-bond acceptors (Lipinski definition) is 2. The lowest BCUT2D eigenvalue weighted by Crippen LogP contribution is -2.60. The number of aliphatic hydroxyl groups excluding tert-OH is 2. The average molecular weight is 322 g/mol. The first kappa shape index (κ1) is 19.3. The van der Waals surface area contributed by atoms with Gasteiger partial charge in [-0.3, -0.25) is 0 Å². The molecule has 0 rings (SSSR count). The van der Waals surface area contributed by atoms with Crippen LogP contribution in [0.25, 0.3) is 0 Å². The molecule has 0 bridgehead atoms. The van der Waals surface area contributed by atoms with Crippen LogP contribution in [-0.2, 0) is 0 Å². The van der Waals surface area contributed by atoms with Crippen LogP contribution in [0.15, 0.2) is 0 Å². The monoisotopic (exact) mass is 322 g/mol. The van der Waals surface area contributed by atoms with Gasteiger partial charge in [0.25, 0.3) is 0 Å². The summed E-state index contributed by atoms with van der Waals surface area (Å²) in [7, 11) is 0. The maximum atomic E-state index is 13.0. The topological polar surface area (TPSA) is 40.5 Å². The molecule has 2 N–H and O–H groups in total. The van der Waals surface area contributed by atoms with E-state index in [0.717, 1.165) is 0 Å². The molecule has 0 saturated heterocycles. The van der Waals surface area contributed by atoms with Gasteiger partial charge >= 0.3 is 23.9 Å². The Morgan fingerprint density at radius 2 is 1.10 bits per heavy atom. The molecule has 0 saturated carbocycles. The van der Waals surface area contributed by atoms with Gasteiger partial charge in [0.1, 0.15) is 0 Å². The minimum atomic E-state index is -6.91. The molecule has 0 fully saturated rings. The van der Waals surface area contributed by atoms with Crippen molar-refractivity contribution in [2.45, 2.75) is 36.8 Å². The van der Waals surface area contributed by atoms with Crippen molar-refractivity contribution >= 4 is 0 Å². The predicted octanol–water partition coefficient (Wildman–Crippen LogP) is 2.84. The van der Waals surface area contributed by atoms with Crippen molar-refractivity contribution in [3.63, 3.8) is 0 Å². The first-order valence-electron chi connectivity index (χ1n) is 5.16. The fourth-order valence-corrected chi connectivity index (χ4v) is 1.19. The molecular formula is C9H11F9O2. The van der Waals surface area contributed by atoms with E-state index in [1.807, 2.05) is 0 Å². The molecule has 122 valence electrons. The summed E-state index contributed by atoms with van der Waals surface area (Å²) >= 11 is 0. The third-order valence-corrected chi connectivity index (χ3v) is 2.59. The molecule has 0 aromatic carbocycles. The molecule has 0 aliphatic rings. The van der Waals surface area contributed by atoms with Crippen LogP contribution in [0.5, 0.6) is 0 Å². The molecule has 0 radical (unpaired) electrons. The van der Waals surface area contributed by atoms with Crippen LogP contribution in [0.1, 0.15) is 12.8 Å². The molecule has 0 amide bonds. The van der Waals surface area contributed by atoms with E-state index in [9.17, 15) is 39.5 Å². The van der Waals surface area contributed by atoms with E-state index in [-0.39, 0.29) is 0 Å². The zero-order valence-corrected chi connectivity index (χ0v) is 9.70. The van der Waals surface area contributed by atoms with Crippen LogP contribution in [0.4, 0.5) is 39.5 Å². The van der Waals surface area contributed by atoms with Gasteiger partial charge in [0.2, 0.25) is 0 Å². The molecule has 2 nitrogen and oxygen atoms in total. The van der Waals surface area contributed by atoms with Gasteiger partial charge in [0, 0.05) is 25.6 Å². The van der Waals surface area contributed by atoms with Crippen molar-refractivity contribution in [3.8, 4) is 0 Å². The maximum Gasteiger partial charge on any atom is 0.460 e. The first-order chi connectivity index (χ1) is 8.74. The zero-order valence-electron chi connectivity index (χ0n) is 9.70. The van der Waals surface area contributed by atoms with Gasteiger partial charge in [-0.15, -0.1) is 0 Å². The van der Waals surface area contributed by atoms with E-state index in [1.54, 1.807) is 0 Å². The van der Waals surface area contributed by atoms with Gasteiger partial charge < -0.3 is 10.2 Å². The lowest BCUT2D eigenvalue weighted by molar-refractivity contribution is -0.397. The standard InChI is InChI=1S/C9H11F9O2/c10-6(11,2-1-5(3-19)4-20)7(12,13)8(14,15)9(16,17)18/h5,19-20H,1-4H2. The molecule has 0 spiro atoms. The van der Waals surface area contributed by atoms with E-state index >= 15 is 0 Å². The molecule has 0 aromatic rings. The minimum Gasteiger partial charge on any atom is -0.396 e. The minimum absolute atomic E-state index is 0.909. The highest BCUT2D eigenvalue weighted by molar-refractivity contribution is 5.00. The third-order valence-electron chi connectivity index (χ3n) is 2.59. The molecule has 0 atom stereocenters. The highest BCUT2D eigenvalue weighted by atomic mass is 19.4. The van der Waals surface area contributed by atoms with Crippen LogP contribution in [0.2, 0.25) is 0 Å². The fourth-order valence-electron chi connectivity index (χ4n) is 1.19. The number of aliphatic hydroxyl groups is 2. The Kier molecular flexibility index (Phi) is 5.75. The Morgan fingerprint density at radius 1 is 0.700 bits per heavy atom. The van der Waals surface area contributed by atoms with Crippen LogP contribution < -0.4 is 0 Å². The summed E-state index contributed by atoms with van der Waals surface area (Å²) in [5.41, 5.74) is 0. The highest BCUT2D eigenvalue weighted by Gasteiger charge is 2.81. The normalized spacial score (nSPS) is 15.0. The van der Waals surface area contributed by atoms with E-state index in [4.69, 9.17) is 10.2 Å². The van der Waals surface area contributed by atoms with Gasteiger partial charge in [0.15, 0.2) is 0 Å². The summed E-state index contributed by atoms with van der Waals surface area (Å²) in [6.07, 6.45) is -9.94. The van der Waals surface area contributed by atoms with Crippen LogP contribution in [0.3, 0.4) is 0 Å². The van der Waals surface area contributed by atoms with Gasteiger partial charge in [0.05, 0.1) is 0 Å². The first-order valence-corrected chi connectivity index (χ1v) is 5.16. The van der Waals surface area contributed by atoms with Crippen molar-refractivity contribution in [1.82, 2.24) is 0 Å². The molecule has 0 aliphatic heterocycles. The number of hydrogen-bond donors (Lipinski definition) is 2. The SMILES string of the molecule is OCC(CO)CCC(F)(F)C(F)(F)C(F)(F)C(F)(F)F. The molecular weight excluding hydrogens is 311 g/mol. The Hall–Kier alpha value is -0.710. The van der Waals surface area contributed by atoms with E-state index < -0.39 is 55.9 Å². The van der Waals surface area contributed by atoms with Gasteiger partial charge in [-0.2, -0.15) is 39.5 Å². The largest absolute Gasteiger partial charge is 0.460 e. The summed E-state index contributed by atoms with van der Waals surface area (Å²) in [5.74, 6) is -20.5. The fraction of sp³-hybridized carbons (Fsp3) is 1.00. The van der Waals surface area contributed by atoms with Crippen molar-refractivity contribution in [2.24, 2.45) is 5.92 Å². The van der Waals surface area contributed by atoms with Gasteiger partial charge in [-0.05, 0) is 6.42 Å². The lowest BCUT2D eigenvalue weighted by atomic mass is 9.95. The second-order valence-corrected chi connectivity index (χ2v) is 4.12. The van der Waals surface area contributed by atoms with Crippen LogP contribution in [0, 0.1) is 5.92 Å². The molecule has 0 aromatic heterocycles. The molecule has 11 heteroatoms.